The van der Waals surface area contributed by atoms with Gasteiger partial charge in [0.2, 0.25) is 10.0 Å². The molecule has 1 saturated heterocycles. The summed E-state index contributed by atoms with van der Waals surface area (Å²) in [5.74, 6) is 0.550. The van der Waals surface area contributed by atoms with E-state index in [2.05, 4.69) is 33.9 Å². The molecule has 7 heteroatoms. The van der Waals surface area contributed by atoms with Gasteiger partial charge in [-0.3, -0.25) is 4.90 Å². The third kappa shape index (κ3) is 5.93. The number of rotatable bonds is 7. The summed E-state index contributed by atoms with van der Waals surface area (Å²) in [6.45, 7) is 3.53. The van der Waals surface area contributed by atoms with E-state index in [1.54, 1.807) is 0 Å². The summed E-state index contributed by atoms with van der Waals surface area (Å²) >= 11 is 11.8. The van der Waals surface area contributed by atoms with Crippen molar-refractivity contribution in [2.24, 2.45) is 5.92 Å². The highest BCUT2D eigenvalue weighted by Crippen LogP contribution is 2.25. The molecule has 1 aliphatic heterocycles. The second-order valence-electron chi connectivity index (χ2n) is 6.97. The Balaban J connectivity index is 1.43. The number of nitrogens with zero attached hydrogens (tertiary/aromatic N) is 1. The van der Waals surface area contributed by atoms with Gasteiger partial charge in [-0.15, -0.1) is 0 Å². The van der Waals surface area contributed by atoms with Crippen LogP contribution in [0.15, 0.2) is 53.4 Å². The average molecular weight is 427 g/mol. The van der Waals surface area contributed by atoms with E-state index in [9.17, 15) is 8.42 Å². The zero-order valence-corrected chi connectivity index (χ0v) is 17.4. The fraction of sp³-hybridized carbons (Fsp3) is 0.400. The molecule has 0 spiro atoms. The van der Waals surface area contributed by atoms with Crippen molar-refractivity contribution in [3.8, 4) is 0 Å². The molecule has 1 aliphatic rings. The normalized spacial score (nSPS) is 16.5. The Kier molecular flexibility index (Phi) is 7.17. The van der Waals surface area contributed by atoms with Crippen LogP contribution in [0.2, 0.25) is 10.0 Å². The van der Waals surface area contributed by atoms with Gasteiger partial charge < -0.3 is 0 Å². The first-order valence-corrected chi connectivity index (χ1v) is 11.4. The number of halogens is 2. The van der Waals surface area contributed by atoms with Gasteiger partial charge in [0.25, 0.3) is 0 Å². The van der Waals surface area contributed by atoms with E-state index in [0.29, 0.717) is 17.5 Å². The van der Waals surface area contributed by atoms with Crippen molar-refractivity contribution in [3.05, 3.63) is 64.1 Å². The average Bonchev–Trinajstić information content (AvgIpc) is 2.66. The molecule has 0 radical (unpaired) electrons. The van der Waals surface area contributed by atoms with Crippen LogP contribution in [0.3, 0.4) is 0 Å². The maximum Gasteiger partial charge on any atom is 0.240 e. The summed E-state index contributed by atoms with van der Waals surface area (Å²) in [6, 6.07) is 14.8. The van der Waals surface area contributed by atoms with Gasteiger partial charge in [0.1, 0.15) is 0 Å². The van der Waals surface area contributed by atoms with Crippen molar-refractivity contribution >= 4 is 33.2 Å². The summed E-state index contributed by atoms with van der Waals surface area (Å²) in [5, 5.41) is 0.586. The van der Waals surface area contributed by atoms with Crippen LogP contribution < -0.4 is 4.72 Å². The first kappa shape index (κ1) is 20.6. The number of likely N-dealkylation sites (tertiary alicyclic amines) is 1. The molecule has 3 rings (SSSR count). The van der Waals surface area contributed by atoms with E-state index >= 15 is 0 Å². The monoisotopic (exact) mass is 426 g/mol. The van der Waals surface area contributed by atoms with Gasteiger partial charge in [-0.05, 0) is 62.0 Å². The van der Waals surface area contributed by atoms with Gasteiger partial charge in [0, 0.05) is 13.1 Å². The third-order valence-corrected chi connectivity index (χ3v) is 7.20. The first-order chi connectivity index (χ1) is 12.9. The predicted octanol–water partition coefficient (Wildman–Crippen LogP) is 4.57. The van der Waals surface area contributed by atoms with Gasteiger partial charge >= 0.3 is 0 Å². The lowest BCUT2D eigenvalue weighted by atomic mass is 9.93. The summed E-state index contributed by atoms with van der Waals surface area (Å²) in [6.07, 6.45) is 3.04. The smallest absolute Gasteiger partial charge is 0.240 e. The fourth-order valence-electron chi connectivity index (χ4n) is 3.40. The summed E-state index contributed by atoms with van der Waals surface area (Å²) in [4.78, 5) is 2.61. The van der Waals surface area contributed by atoms with Gasteiger partial charge in [0.05, 0.1) is 14.9 Å². The van der Waals surface area contributed by atoms with Crippen molar-refractivity contribution in [2.75, 3.05) is 19.6 Å². The Morgan fingerprint density at radius 1 is 1.00 bits per heavy atom. The maximum atomic E-state index is 12.4. The second kappa shape index (κ2) is 9.39. The molecule has 2 aromatic carbocycles. The van der Waals surface area contributed by atoms with Crippen LogP contribution in [-0.2, 0) is 16.6 Å². The lowest BCUT2D eigenvalue weighted by Crippen LogP contribution is -2.34. The van der Waals surface area contributed by atoms with E-state index in [0.717, 1.165) is 38.9 Å². The first-order valence-electron chi connectivity index (χ1n) is 9.15. The minimum Gasteiger partial charge on any atom is -0.299 e. The molecule has 146 valence electrons. The molecule has 1 N–H and O–H groups in total. The number of hydrogen-bond donors (Lipinski definition) is 1. The highest BCUT2D eigenvalue weighted by atomic mass is 35.5. The number of nitrogens with one attached hydrogen (secondary N) is 1. The molecule has 0 atom stereocenters. The molecule has 0 aromatic heterocycles. The van der Waals surface area contributed by atoms with Gasteiger partial charge in [-0.2, -0.15) is 0 Å². The van der Waals surface area contributed by atoms with E-state index in [4.69, 9.17) is 23.2 Å². The Hall–Kier alpha value is -1.11. The SMILES string of the molecule is O=S(=O)(NCCC1CCN(Cc2ccccc2)CC1)c1ccc(Cl)c(Cl)c1. The second-order valence-corrected chi connectivity index (χ2v) is 9.55. The van der Waals surface area contributed by atoms with Gasteiger partial charge in [0.15, 0.2) is 0 Å². The predicted molar refractivity (Wildman–Crippen MR) is 111 cm³/mol. The molecule has 4 nitrogen and oxygen atoms in total. The van der Waals surface area contributed by atoms with E-state index in [1.807, 2.05) is 6.07 Å². The molecule has 2 aromatic rings. The highest BCUT2D eigenvalue weighted by molar-refractivity contribution is 7.89. The molecule has 0 aliphatic carbocycles. The van der Waals surface area contributed by atoms with Crippen LogP contribution in [0.4, 0.5) is 0 Å². The highest BCUT2D eigenvalue weighted by Gasteiger charge is 2.20. The standard InChI is InChI=1S/C20H24Cl2N2O2S/c21-19-7-6-18(14-20(19)22)27(25,26)23-11-8-16-9-12-24(13-10-16)15-17-4-2-1-3-5-17/h1-7,14,16,23H,8-13,15H2. The molecule has 0 unspecified atom stereocenters. The largest absolute Gasteiger partial charge is 0.299 e. The van der Waals surface area contributed by atoms with Crippen LogP contribution >= 0.6 is 23.2 Å². The topological polar surface area (TPSA) is 49.4 Å². The molecule has 1 fully saturated rings. The Bertz CT molecular complexity index is 852. The fourth-order valence-corrected chi connectivity index (χ4v) is 4.84. The van der Waals surface area contributed by atoms with E-state index in [-0.39, 0.29) is 9.92 Å². The van der Waals surface area contributed by atoms with Crippen LogP contribution in [0.1, 0.15) is 24.8 Å². The maximum absolute atomic E-state index is 12.4. The molecule has 1 heterocycles. The van der Waals surface area contributed by atoms with E-state index < -0.39 is 10.0 Å². The van der Waals surface area contributed by atoms with Gasteiger partial charge in [-0.1, -0.05) is 53.5 Å². The Labute approximate surface area is 171 Å². The third-order valence-electron chi connectivity index (χ3n) is 5.00. The van der Waals surface area contributed by atoms with Crippen molar-refractivity contribution in [1.82, 2.24) is 9.62 Å². The lowest BCUT2D eigenvalue weighted by molar-refractivity contribution is 0.173. The summed E-state index contributed by atoms with van der Waals surface area (Å²) in [7, 11) is -3.56. The number of hydrogen-bond acceptors (Lipinski definition) is 3. The molecule has 27 heavy (non-hydrogen) atoms. The zero-order valence-electron chi connectivity index (χ0n) is 15.1. The quantitative estimate of drug-likeness (QED) is 0.704. The lowest BCUT2D eigenvalue weighted by Gasteiger charge is -2.32. The van der Waals surface area contributed by atoms with E-state index in [1.165, 1.54) is 23.8 Å². The minimum absolute atomic E-state index is 0.148. The summed E-state index contributed by atoms with van der Waals surface area (Å²) < 4.78 is 27.4. The molecule has 0 bridgehead atoms. The van der Waals surface area contributed by atoms with Crippen LogP contribution in [0.25, 0.3) is 0 Å². The number of piperidine rings is 1. The van der Waals surface area contributed by atoms with Crippen molar-refractivity contribution < 1.29 is 8.42 Å². The minimum atomic E-state index is -3.56. The Morgan fingerprint density at radius 2 is 1.70 bits per heavy atom. The van der Waals surface area contributed by atoms with Crippen molar-refractivity contribution in [2.45, 2.75) is 30.7 Å². The zero-order chi connectivity index (χ0) is 19.3. The van der Waals surface area contributed by atoms with Crippen molar-refractivity contribution in [1.29, 1.82) is 0 Å². The van der Waals surface area contributed by atoms with Crippen molar-refractivity contribution in [3.63, 3.8) is 0 Å². The molecular weight excluding hydrogens is 403 g/mol. The number of sulfonamides is 1. The van der Waals surface area contributed by atoms with Crippen LogP contribution in [0.5, 0.6) is 0 Å². The molecule has 0 saturated carbocycles. The van der Waals surface area contributed by atoms with Crippen LogP contribution in [0, 0.1) is 5.92 Å². The molecular formula is C20H24Cl2N2O2S. The molecule has 0 amide bonds. The van der Waals surface area contributed by atoms with Crippen LogP contribution in [-0.4, -0.2) is 33.0 Å². The van der Waals surface area contributed by atoms with Gasteiger partial charge in [-0.25, -0.2) is 13.1 Å². The Morgan fingerprint density at radius 3 is 2.37 bits per heavy atom. The summed E-state index contributed by atoms with van der Waals surface area (Å²) in [5.41, 5.74) is 1.34. The number of benzene rings is 2.